The van der Waals surface area contributed by atoms with E-state index >= 15 is 0 Å². The summed E-state index contributed by atoms with van der Waals surface area (Å²) in [4.78, 5) is 15.2. The monoisotopic (exact) mass is 318 g/mol. The Bertz CT molecular complexity index is 588. The lowest BCUT2D eigenvalue weighted by Crippen LogP contribution is -2.31. The highest BCUT2D eigenvalue weighted by Gasteiger charge is 2.32. The second kappa shape index (κ2) is 7.16. The van der Waals surface area contributed by atoms with Gasteiger partial charge in [-0.25, -0.2) is 0 Å². The van der Waals surface area contributed by atoms with Crippen LogP contribution in [0.3, 0.4) is 0 Å². The number of hydrogen-bond donors (Lipinski definition) is 0. The molecule has 0 aliphatic carbocycles. The Labute approximate surface area is 136 Å². The topological polar surface area (TPSA) is 35.7 Å². The lowest BCUT2D eigenvalue weighted by Gasteiger charge is -2.27. The first kappa shape index (κ1) is 15.4. The molecule has 0 radical (unpaired) electrons. The van der Waals surface area contributed by atoms with Gasteiger partial charge >= 0.3 is 0 Å². The second-order valence-corrected chi connectivity index (χ2v) is 6.36. The number of halogens is 1. The van der Waals surface area contributed by atoms with Crippen LogP contribution >= 0.6 is 11.6 Å². The predicted octanol–water partition coefficient (Wildman–Crippen LogP) is 3.96. The van der Waals surface area contributed by atoms with Crippen molar-refractivity contribution in [3.05, 3.63) is 51.5 Å². The quantitative estimate of drug-likeness (QED) is 0.770. The van der Waals surface area contributed by atoms with Crippen molar-refractivity contribution >= 4 is 17.8 Å². The minimum atomic E-state index is 0.0687. The second-order valence-electron chi connectivity index (χ2n) is 5.92. The number of likely N-dealkylation sites (tertiary alicyclic amines) is 1. The van der Waals surface area contributed by atoms with Crippen LogP contribution in [0.5, 0.6) is 0 Å². The maximum atomic E-state index is 11.9. The van der Waals surface area contributed by atoms with Gasteiger partial charge < -0.3 is 4.90 Å². The van der Waals surface area contributed by atoms with Gasteiger partial charge in [-0.3, -0.25) is 0 Å². The minimum Gasteiger partial charge on any atom is -0.303 e. The smallest absolute Gasteiger partial charge is 0.280 e. The van der Waals surface area contributed by atoms with Crippen molar-refractivity contribution < 1.29 is 4.87 Å². The Morgan fingerprint density at radius 2 is 1.91 bits per heavy atom. The normalized spacial score (nSPS) is 20.2. The molecule has 0 saturated carbocycles. The van der Waals surface area contributed by atoms with Gasteiger partial charge in [-0.1, -0.05) is 30.2 Å². The SMILES string of the molecule is O=[N+]1N=CC=C1C(CCN1CCCCC1)c1ccc(Cl)cc1. The highest BCUT2D eigenvalue weighted by atomic mass is 35.5. The molecule has 22 heavy (non-hydrogen) atoms. The van der Waals surface area contributed by atoms with Gasteiger partial charge in [0.25, 0.3) is 5.70 Å². The fourth-order valence-corrected chi connectivity index (χ4v) is 3.35. The molecular formula is C17H21ClN3O+. The lowest BCUT2D eigenvalue weighted by molar-refractivity contribution is -0.504. The van der Waals surface area contributed by atoms with Crippen molar-refractivity contribution in [1.82, 2.24) is 4.90 Å². The minimum absolute atomic E-state index is 0.0687. The summed E-state index contributed by atoms with van der Waals surface area (Å²) in [7, 11) is 0. The zero-order chi connectivity index (χ0) is 15.4. The molecule has 1 aromatic rings. The summed E-state index contributed by atoms with van der Waals surface area (Å²) >= 11 is 5.98. The van der Waals surface area contributed by atoms with Crippen molar-refractivity contribution in [3.8, 4) is 0 Å². The molecule has 1 unspecified atom stereocenters. The summed E-state index contributed by atoms with van der Waals surface area (Å²) < 4.78 is 0. The van der Waals surface area contributed by atoms with E-state index in [2.05, 4.69) is 10.0 Å². The Hall–Kier alpha value is -1.52. The van der Waals surface area contributed by atoms with E-state index in [-0.39, 0.29) is 5.92 Å². The van der Waals surface area contributed by atoms with Crippen LogP contribution in [0.25, 0.3) is 0 Å². The van der Waals surface area contributed by atoms with Crippen LogP contribution in [0, 0.1) is 4.91 Å². The van der Waals surface area contributed by atoms with Gasteiger partial charge in [-0.15, -0.1) is 0 Å². The summed E-state index contributed by atoms with van der Waals surface area (Å²) in [5.74, 6) is 0.0687. The molecule has 0 spiro atoms. The molecule has 0 amide bonds. The number of rotatable bonds is 5. The molecule has 0 N–H and O–H groups in total. The van der Waals surface area contributed by atoms with Crippen LogP contribution in [-0.2, 0) is 0 Å². The number of hydrazone groups is 1. The third-order valence-electron chi connectivity index (χ3n) is 4.45. The Morgan fingerprint density at radius 3 is 2.55 bits per heavy atom. The predicted molar refractivity (Wildman–Crippen MR) is 89.3 cm³/mol. The fraction of sp³-hybridized carbons (Fsp3) is 0.471. The number of piperidine rings is 1. The van der Waals surface area contributed by atoms with E-state index in [1.165, 1.54) is 32.4 Å². The molecule has 3 rings (SSSR count). The van der Waals surface area contributed by atoms with Crippen LogP contribution < -0.4 is 0 Å². The van der Waals surface area contributed by atoms with Crippen LogP contribution in [-0.4, -0.2) is 35.6 Å². The fourth-order valence-electron chi connectivity index (χ4n) is 3.23. The Kier molecular flexibility index (Phi) is 5.01. The average molecular weight is 319 g/mol. The number of benzene rings is 1. The molecule has 1 fully saturated rings. The van der Waals surface area contributed by atoms with Gasteiger partial charge in [0.15, 0.2) is 4.87 Å². The maximum absolute atomic E-state index is 11.9. The van der Waals surface area contributed by atoms with Crippen LogP contribution in [0.2, 0.25) is 5.02 Å². The number of nitrogens with zero attached hydrogens (tertiary/aromatic N) is 3. The summed E-state index contributed by atoms with van der Waals surface area (Å²) in [6.45, 7) is 3.35. The van der Waals surface area contributed by atoms with Gasteiger partial charge in [0.1, 0.15) is 6.21 Å². The largest absolute Gasteiger partial charge is 0.303 e. The summed E-state index contributed by atoms with van der Waals surface area (Å²) in [6.07, 6.45) is 8.23. The number of nitroso groups, excluding NO2 is 1. The van der Waals surface area contributed by atoms with Crippen molar-refractivity contribution in [2.75, 3.05) is 19.6 Å². The van der Waals surface area contributed by atoms with E-state index in [4.69, 9.17) is 11.6 Å². The first-order valence-electron chi connectivity index (χ1n) is 7.93. The molecule has 0 bridgehead atoms. The van der Waals surface area contributed by atoms with Crippen molar-refractivity contribution in [1.29, 1.82) is 0 Å². The van der Waals surface area contributed by atoms with Crippen LogP contribution in [0.4, 0.5) is 0 Å². The van der Waals surface area contributed by atoms with E-state index in [9.17, 15) is 4.91 Å². The molecule has 116 valence electrons. The zero-order valence-corrected chi connectivity index (χ0v) is 13.4. The van der Waals surface area contributed by atoms with Gasteiger partial charge in [-0.2, -0.15) is 0 Å². The van der Waals surface area contributed by atoms with Crippen molar-refractivity contribution in [2.45, 2.75) is 31.6 Å². The molecular weight excluding hydrogens is 298 g/mol. The molecule has 2 aliphatic heterocycles. The molecule has 5 heteroatoms. The highest BCUT2D eigenvalue weighted by molar-refractivity contribution is 6.30. The third-order valence-corrected chi connectivity index (χ3v) is 4.70. The summed E-state index contributed by atoms with van der Waals surface area (Å²) in [6, 6.07) is 7.79. The van der Waals surface area contributed by atoms with E-state index in [0.29, 0.717) is 5.02 Å². The molecule has 0 aromatic heterocycles. The molecule has 2 aliphatic rings. The maximum Gasteiger partial charge on any atom is 0.280 e. The van der Waals surface area contributed by atoms with Crippen molar-refractivity contribution in [3.63, 3.8) is 0 Å². The Balaban J connectivity index is 1.74. The molecule has 1 atom stereocenters. The van der Waals surface area contributed by atoms with Gasteiger partial charge in [0.05, 0.1) is 10.8 Å². The van der Waals surface area contributed by atoms with Gasteiger partial charge in [-0.05, 0) is 56.6 Å². The third kappa shape index (κ3) is 3.62. The van der Waals surface area contributed by atoms with Crippen LogP contribution in [0.15, 0.2) is 41.1 Å². The number of allylic oxidation sites excluding steroid dienone is 2. The van der Waals surface area contributed by atoms with Gasteiger partial charge in [0.2, 0.25) is 0 Å². The average Bonchev–Trinajstić information content (AvgIpc) is 2.96. The van der Waals surface area contributed by atoms with E-state index in [1.807, 2.05) is 30.3 Å². The Morgan fingerprint density at radius 1 is 1.18 bits per heavy atom. The summed E-state index contributed by atoms with van der Waals surface area (Å²) in [5, 5.41) is 4.51. The summed E-state index contributed by atoms with van der Waals surface area (Å²) in [5.41, 5.74) is 1.85. The van der Waals surface area contributed by atoms with Crippen LogP contribution in [0.1, 0.15) is 37.2 Å². The number of hydrogen-bond acceptors (Lipinski definition) is 2. The molecule has 1 saturated heterocycles. The first-order chi connectivity index (χ1) is 10.7. The standard InChI is InChI=1S/C17H21ClN3O/c18-15-6-4-14(5-7-15)16(17-8-10-19-21(17)22)9-13-20-11-2-1-3-12-20/h4-8,10,16H,1-3,9,11-13H2/q+1. The van der Waals surface area contributed by atoms with E-state index in [1.54, 1.807) is 6.21 Å². The molecule has 4 nitrogen and oxygen atoms in total. The highest BCUT2D eigenvalue weighted by Crippen LogP contribution is 2.31. The lowest BCUT2D eigenvalue weighted by atomic mass is 9.92. The van der Waals surface area contributed by atoms with E-state index < -0.39 is 0 Å². The molecule has 2 heterocycles. The zero-order valence-electron chi connectivity index (χ0n) is 12.6. The first-order valence-corrected chi connectivity index (χ1v) is 8.31. The van der Waals surface area contributed by atoms with E-state index in [0.717, 1.165) is 29.1 Å². The van der Waals surface area contributed by atoms with Crippen molar-refractivity contribution in [2.24, 2.45) is 5.10 Å². The molecule has 1 aromatic carbocycles. The van der Waals surface area contributed by atoms with Gasteiger partial charge in [0, 0.05) is 16.2 Å².